The minimum atomic E-state index is -1.68. The van der Waals surface area contributed by atoms with Crippen LogP contribution in [0.15, 0.2) is 30.3 Å². The molecular weight excluding hydrogens is 386 g/mol. The highest BCUT2D eigenvalue weighted by molar-refractivity contribution is 5.96. The molecule has 1 aromatic carbocycles. The summed E-state index contributed by atoms with van der Waals surface area (Å²) in [6, 6.07) is 8.25. The third kappa shape index (κ3) is 8.87. The molecule has 10 heteroatoms. The smallest absolute Gasteiger partial charge is 0.303 e. The Bertz CT molecular complexity index is 747. The van der Waals surface area contributed by atoms with E-state index in [2.05, 4.69) is 5.32 Å². The van der Waals surface area contributed by atoms with E-state index in [4.69, 9.17) is 18.9 Å². The van der Waals surface area contributed by atoms with E-state index in [9.17, 15) is 24.0 Å². The number of hydrogen-bond donors (Lipinski definition) is 1. The number of carbonyl (C=O) groups excluding carboxylic acids is 5. The Morgan fingerprint density at radius 2 is 1.34 bits per heavy atom. The monoisotopic (exact) mass is 409 g/mol. The first-order valence-electron chi connectivity index (χ1n) is 8.61. The van der Waals surface area contributed by atoms with Crippen LogP contribution in [0.2, 0.25) is 0 Å². The third-order valence-electron chi connectivity index (χ3n) is 3.33. The van der Waals surface area contributed by atoms with E-state index in [0.29, 0.717) is 5.69 Å². The number of ether oxygens (including phenoxy) is 4. The maximum Gasteiger partial charge on any atom is 0.303 e. The highest BCUT2D eigenvalue weighted by Crippen LogP contribution is 2.17. The number of hydrogen-bond acceptors (Lipinski definition) is 9. The molecule has 1 aromatic rings. The molecule has 0 aliphatic carbocycles. The van der Waals surface area contributed by atoms with Crippen LogP contribution in [0.5, 0.6) is 0 Å². The summed E-state index contributed by atoms with van der Waals surface area (Å²) in [5.74, 6) is -3.99. The minimum Gasteiger partial charge on any atom is -0.462 e. The summed E-state index contributed by atoms with van der Waals surface area (Å²) in [4.78, 5) is 58.6. The molecule has 158 valence electrons. The minimum absolute atomic E-state index is 0.389. The van der Waals surface area contributed by atoms with Crippen LogP contribution in [0.25, 0.3) is 0 Å². The fourth-order valence-corrected chi connectivity index (χ4v) is 2.32. The van der Waals surface area contributed by atoms with Crippen molar-refractivity contribution in [2.75, 3.05) is 11.9 Å². The number of nitrogens with one attached hydrogen (secondary N) is 1. The van der Waals surface area contributed by atoms with Crippen LogP contribution >= 0.6 is 0 Å². The summed E-state index contributed by atoms with van der Waals surface area (Å²) in [5, 5.41) is 2.52. The topological polar surface area (TPSA) is 134 Å². The van der Waals surface area contributed by atoms with Gasteiger partial charge in [0.15, 0.2) is 12.2 Å². The molecule has 10 nitrogen and oxygen atoms in total. The fourth-order valence-electron chi connectivity index (χ4n) is 2.32. The summed E-state index contributed by atoms with van der Waals surface area (Å²) in [6.07, 6.45) is -4.65. The Balaban J connectivity index is 3.24. The summed E-state index contributed by atoms with van der Waals surface area (Å²) in [7, 11) is 0. The van der Waals surface area contributed by atoms with E-state index >= 15 is 0 Å². The van der Waals surface area contributed by atoms with Gasteiger partial charge in [-0.15, -0.1) is 0 Å². The van der Waals surface area contributed by atoms with Crippen LogP contribution in [0.3, 0.4) is 0 Å². The molecule has 3 atom stereocenters. The number of benzene rings is 1. The zero-order chi connectivity index (χ0) is 22.0. The zero-order valence-corrected chi connectivity index (χ0v) is 16.5. The third-order valence-corrected chi connectivity index (χ3v) is 3.33. The molecular formula is C19H23NO9. The molecule has 0 radical (unpaired) electrons. The van der Waals surface area contributed by atoms with E-state index in [0.717, 1.165) is 27.7 Å². The van der Waals surface area contributed by atoms with Gasteiger partial charge in [0.05, 0.1) is 0 Å². The second-order valence-electron chi connectivity index (χ2n) is 5.91. The first kappa shape index (κ1) is 23.6. The zero-order valence-electron chi connectivity index (χ0n) is 16.5. The molecule has 29 heavy (non-hydrogen) atoms. The van der Waals surface area contributed by atoms with Crippen molar-refractivity contribution in [2.45, 2.75) is 46.0 Å². The SMILES string of the molecule is CC(=O)OC[C@@H](OC(C)=O)[C@H](OC(C)=O)[C@@H](OC(C)=O)C(=O)Nc1ccccc1. The number of anilines is 1. The largest absolute Gasteiger partial charge is 0.462 e. The van der Waals surface area contributed by atoms with E-state index in [1.165, 1.54) is 0 Å². The number of para-hydroxylation sites is 1. The first-order valence-corrected chi connectivity index (χ1v) is 8.61. The van der Waals surface area contributed by atoms with Gasteiger partial charge in [0.25, 0.3) is 5.91 Å². The molecule has 0 heterocycles. The normalized spacial score (nSPS) is 13.2. The Kier molecular flexibility index (Phi) is 9.30. The average molecular weight is 409 g/mol. The number of carbonyl (C=O) groups is 5. The Morgan fingerprint density at radius 3 is 1.83 bits per heavy atom. The Labute approximate surface area is 167 Å². The molecule has 1 N–H and O–H groups in total. The van der Waals surface area contributed by atoms with Gasteiger partial charge in [0.1, 0.15) is 6.61 Å². The molecule has 1 rings (SSSR count). The quantitative estimate of drug-likeness (QED) is 0.468. The average Bonchev–Trinajstić information content (AvgIpc) is 2.61. The molecule has 0 aliphatic rings. The van der Waals surface area contributed by atoms with Crippen molar-refractivity contribution in [3.63, 3.8) is 0 Å². The van der Waals surface area contributed by atoms with Gasteiger partial charge < -0.3 is 24.3 Å². The van der Waals surface area contributed by atoms with Crippen LogP contribution in [-0.2, 0) is 42.9 Å². The lowest BCUT2D eigenvalue weighted by atomic mass is 10.1. The summed E-state index contributed by atoms with van der Waals surface area (Å²) in [5.41, 5.74) is 0.389. The predicted octanol–water partition coefficient (Wildman–Crippen LogP) is 0.983. The molecule has 0 saturated carbocycles. The lowest BCUT2D eigenvalue weighted by Crippen LogP contribution is -2.52. The van der Waals surface area contributed by atoms with Crippen LogP contribution < -0.4 is 5.32 Å². The molecule has 0 bridgehead atoms. The number of rotatable bonds is 9. The van der Waals surface area contributed by atoms with E-state index in [-0.39, 0.29) is 0 Å². The summed E-state index contributed by atoms with van der Waals surface area (Å²) in [6.45, 7) is 3.79. The van der Waals surface area contributed by atoms with Gasteiger partial charge in [-0.25, -0.2) is 0 Å². The van der Waals surface area contributed by atoms with Gasteiger partial charge in [-0.3, -0.25) is 24.0 Å². The van der Waals surface area contributed by atoms with Crippen molar-refractivity contribution in [1.29, 1.82) is 0 Å². The maximum absolute atomic E-state index is 12.8. The lowest BCUT2D eigenvalue weighted by molar-refractivity contribution is -0.190. The molecule has 0 spiro atoms. The van der Waals surface area contributed by atoms with Gasteiger partial charge in [-0.1, -0.05) is 18.2 Å². The maximum atomic E-state index is 12.8. The number of amides is 1. The van der Waals surface area contributed by atoms with E-state index < -0.39 is 54.7 Å². The second kappa shape index (κ2) is 11.4. The van der Waals surface area contributed by atoms with Gasteiger partial charge in [0.2, 0.25) is 6.10 Å². The lowest BCUT2D eigenvalue weighted by Gasteiger charge is -2.30. The van der Waals surface area contributed by atoms with Gasteiger partial charge in [-0.2, -0.15) is 0 Å². The Morgan fingerprint density at radius 1 is 0.793 bits per heavy atom. The van der Waals surface area contributed by atoms with Crippen molar-refractivity contribution < 1.29 is 42.9 Å². The number of esters is 4. The van der Waals surface area contributed by atoms with Crippen LogP contribution in [0, 0.1) is 0 Å². The Hall–Kier alpha value is -3.43. The second-order valence-corrected chi connectivity index (χ2v) is 5.91. The molecule has 0 saturated heterocycles. The van der Waals surface area contributed by atoms with Crippen molar-refractivity contribution >= 4 is 35.5 Å². The van der Waals surface area contributed by atoms with Gasteiger partial charge >= 0.3 is 23.9 Å². The van der Waals surface area contributed by atoms with Crippen molar-refractivity contribution in [1.82, 2.24) is 0 Å². The summed E-state index contributed by atoms with van der Waals surface area (Å²) < 4.78 is 20.1. The first-order chi connectivity index (χ1) is 13.6. The predicted molar refractivity (Wildman–Crippen MR) is 98.4 cm³/mol. The highest BCUT2D eigenvalue weighted by atomic mass is 16.6. The molecule has 0 fully saturated rings. The fraction of sp³-hybridized carbons (Fsp3) is 0.421. The van der Waals surface area contributed by atoms with Gasteiger partial charge in [0, 0.05) is 33.4 Å². The van der Waals surface area contributed by atoms with Gasteiger partial charge in [-0.05, 0) is 12.1 Å². The summed E-state index contributed by atoms with van der Waals surface area (Å²) >= 11 is 0. The highest BCUT2D eigenvalue weighted by Gasteiger charge is 2.42. The molecule has 1 amide bonds. The van der Waals surface area contributed by atoms with E-state index in [1.54, 1.807) is 30.3 Å². The standard InChI is InChI=1S/C19H23NO9/c1-11(21)26-10-16(27-12(2)22)17(28-13(3)23)18(29-14(4)24)19(25)20-15-8-6-5-7-9-15/h5-9,16-18H,10H2,1-4H3,(H,20,25)/t16-,17+,18-/m1/s1. The molecule has 0 aromatic heterocycles. The van der Waals surface area contributed by atoms with Crippen molar-refractivity contribution in [2.24, 2.45) is 0 Å². The van der Waals surface area contributed by atoms with Crippen LogP contribution in [-0.4, -0.2) is 54.7 Å². The van der Waals surface area contributed by atoms with Crippen LogP contribution in [0.1, 0.15) is 27.7 Å². The molecule has 0 aliphatic heterocycles. The van der Waals surface area contributed by atoms with E-state index in [1.807, 2.05) is 0 Å². The molecule has 0 unspecified atom stereocenters. The van der Waals surface area contributed by atoms with Crippen molar-refractivity contribution in [3.8, 4) is 0 Å². The van der Waals surface area contributed by atoms with Crippen LogP contribution in [0.4, 0.5) is 5.69 Å². The van der Waals surface area contributed by atoms with Crippen molar-refractivity contribution in [3.05, 3.63) is 30.3 Å².